The predicted octanol–water partition coefficient (Wildman–Crippen LogP) is 2.96. The number of unbranched alkanes of at least 4 members (excludes halogenated alkanes) is 4. The molecule has 0 aliphatic carbocycles. The van der Waals surface area contributed by atoms with Gasteiger partial charge in [0.2, 0.25) is 0 Å². The highest BCUT2D eigenvalue weighted by molar-refractivity contribution is 4.67. The summed E-state index contributed by atoms with van der Waals surface area (Å²) in [5.41, 5.74) is 5.75. The van der Waals surface area contributed by atoms with Crippen LogP contribution in [0.5, 0.6) is 0 Å². The fraction of sp³-hybridized carbons (Fsp3) is 1.00. The van der Waals surface area contributed by atoms with E-state index in [1.165, 1.54) is 32.1 Å². The second kappa shape index (κ2) is 8.25. The number of hydrogen-bond donors (Lipinski definition) is 1. The van der Waals surface area contributed by atoms with Crippen molar-refractivity contribution < 1.29 is 4.74 Å². The molecule has 0 unspecified atom stereocenters. The fourth-order valence-corrected chi connectivity index (χ4v) is 1.22. The van der Waals surface area contributed by atoms with Gasteiger partial charge in [0.25, 0.3) is 0 Å². The molecule has 0 amide bonds. The zero-order valence-corrected chi connectivity index (χ0v) is 10.1. The Morgan fingerprint density at radius 2 is 1.71 bits per heavy atom. The first-order chi connectivity index (χ1) is 6.62. The molecule has 0 atom stereocenters. The van der Waals surface area contributed by atoms with Crippen molar-refractivity contribution >= 4 is 0 Å². The maximum atomic E-state index is 5.61. The lowest BCUT2D eigenvalue weighted by atomic mass is 9.95. The smallest absolute Gasteiger partial charge is 0.0529 e. The van der Waals surface area contributed by atoms with E-state index in [1.54, 1.807) is 0 Å². The van der Waals surface area contributed by atoms with Crippen LogP contribution in [0, 0.1) is 5.41 Å². The van der Waals surface area contributed by atoms with E-state index >= 15 is 0 Å². The van der Waals surface area contributed by atoms with E-state index in [4.69, 9.17) is 10.5 Å². The van der Waals surface area contributed by atoms with Crippen LogP contribution in [0.15, 0.2) is 0 Å². The summed E-state index contributed by atoms with van der Waals surface area (Å²) in [5, 5.41) is 0. The summed E-state index contributed by atoms with van der Waals surface area (Å²) in [6.07, 6.45) is 6.51. The summed E-state index contributed by atoms with van der Waals surface area (Å²) in [7, 11) is 0. The Bertz CT molecular complexity index is 123. The fourth-order valence-electron chi connectivity index (χ4n) is 1.22. The lowest BCUT2D eigenvalue weighted by molar-refractivity contribution is 0.0639. The minimum Gasteiger partial charge on any atom is -0.381 e. The molecule has 0 rings (SSSR count). The van der Waals surface area contributed by atoms with Gasteiger partial charge in [0.1, 0.15) is 0 Å². The van der Waals surface area contributed by atoms with E-state index in [9.17, 15) is 0 Å². The van der Waals surface area contributed by atoms with Gasteiger partial charge in [-0.05, 0) is 13.0 Å². The normalized spacial score (nSPS) is 12.0. The molecule has 0 bridgehead atoms. The first-order valence-corrected chi connectivity index (χ1v) is 5.90. The Morgan fingerprint density at radius 3 is 2.29 bits per heavy atom. The minimum atomic E-state index is 0.142. The molecule has 0 heterocycles. The van der Waals surface area contributed by atoms with Crippen molar-refractivity contribution in [1.82, 2.24) is 0 Å². The van der Waals surface area contributed by atoms with Gasteiger partial charge in [-0.15, -0.1) is 0 Å². The standard InChI is InChI=1S/C12H27NO/c1-4-5-6-7-8-9-14-11-12(2,3)10-13/h4-11,13H2,1-3H3. The van der Waals surface area contributed by atoms with Crippen molar-refractivity contribution in [3.8, 4) is 0 Å². The molecule has 0 aromatic carbocycles. The summed E-state index contributed by atoms with van der Waals surface area (Å²) in [4.78, 5) is 0. The molecule has 0 radical (unpaired) electrons. The largest absolute Gasteiger partial charge is 0.381 e. The zero-order chi connectivity index (χ0) is 10.9. The molecule has 0 aliphatic heterocycles. The van der Waals surface area contributed by atoms with Crippen LogP contribution in [0.25, 0.3) is 0 Å². The zero-order valence-electron chi connectivity index (χ0n) is 10.1. The average Bonchev–Trinajstić information content (AvgIpc) is 2.16. The van der Waals surface area contributed by atoms with Crippen LogP contribution in [0.3, 0.4) is 0 Å². The molecule has 14 heavy (non-hydrogen) atoms. The summed E-state index contributed by atoms with van der Waals surface area (Å²) in [6, 6.07) is 0. The van der Waals surface area contributed by atoms with Gasteiger partial charge in [-0.1, -0.05) is 46.5 Å². The second-order valence-corrected chi connectivity index (χ2v) is 4.84. The van der Waals surface area contributed by atoms with Crippen LogP contribution in [0.1, 0.15) is 52.9 Å². The molecule has 0 fully saturated rings. The molecular weight excluding hydrogens is 174 g/mol. The van der Waals surface area contributed by atoms with Crippen molar-refractivity contribution in [1.29, 1.82) is 0 Å². The summed E-state index contributed by atoms with van der Waals surface area (Å²) < 4.78 is 5.59. The Kier molecular flexibility index (Phi) is 8.20. The van der Waals surface area contributed by atoms with Crippen LogP contribution in [-0.4, -0.2) is 19.8 Å². The summed E-state index contributed by atoms with van der Waals surface area (Å²) >= 11 is 0. The topological polar surface area (TPSA) is 35.2 Å². The number of nitrogens with two attached hydrogens (primary N) is 1. The predicted molar refractivity (Wildman–Crippen MR) is 62.4 cm³/mol. The maximum absolute atomic E-state index is 5.61. The van der Waals surface area contributed by atoms with Crippen LogP contribution in [0.4, 0.5) is 0 Å². The van der Waals surface area contributed by atoms with Gasteiger partial charge in [-0.2, -0.15) is 0 Å². The molecular formula is C12H27NO. The Labute approximate surface area is 89.2 Å². The van der Waals surface area contributed by atoms with Crippen molar-refractivity contribution in [2.75, 3.05) is 19.8 Å². The van der Waals surface area contributed by atoms with E-state index in [2.05, 4.69) is 20.8 Å². The van der Waals surface area contributed by atoms with Crippen LogP contribution in [0.2, 0.25) is 0 Å². The number of ether oxygens (including phenoxy) is 1. The van der Waals surface area contributed by atoms with Gasteiger partial charge in [0.15, 0.2) is 0 Å². The van der Waals surface area contributed by atoms with E-state index in [1.807, 2.05) is 0 Å². The highest BCUT2D eigenvalue weighted by Crippen LogP contribution is 2.13. The third-order valence-electron chi connectivity index (χ3n) is 2.44. The monoisotopic (exact) mass is 201 g/mol. The Morgan fingerprint density at radius 1 is 1.07 bits per heavy atom. The third kappa shape index (κ3) is 8.52. The second-order valence-electron chi connectivity index (χ2n) is 4.84. The molecule has 0 saturated carbocycles. The van der Waals surface area contributed by atoms with Crippen molar-refractivity contribution in [2.45, 2.75) is 52.9 Å². The molecule has 0 aromatic heterocycles. The van der Waals surface area contributed by atoms with E-state index in [0.717, 1.165) is 13.2 Å². The van der Waals surface area contributed by atoms with Crippen molar-refractivity contribution in [2.24, 2.45) is 11.1 Å². The molecule has 0 aromatic rings. The molecule has 86 valence electrons. The highest BCUT2D eigenvalue weighted by atomic mass is 16.5. The average molecular weight is 201 g/mol. The van der Waals surface area contributed by atoms with E-state index < -0.39 is 0 Å². The third-order valence-corrected chi connectivity index (χ3v) is 2.44. The van der Waals surface area contributed by atoms with Gasteiger partial charge >= 0.3 is 0 Å². The van der Waals surface area contributed by atoms with Gasteiger partial charge in [-0.3, -0.25) is 0 Å². The Hall–Kier alpha value is -0.0800. The van der Waals surface area contributed by atoms with Crippen molar-refractivity contribution in [3.05, 3.63) is 0 Å². The number of rotatable bonds is 9. The minimum absolute atomic E-state index is 0.142. The summed E-state index contributed by atoms with van der Waals surface area (Å²) in [5.74, 6) is 0. The van der Waals surface area contributed by atoms with Gasteiger partial charge in [0, 0.05) is 12.0 Å². The lowest BCUT2D eigenvalue weighted by Gasteiger charge is -2.21. The summed E-state index contributed by atoms with van der Waals surface area (Å²) in [6.45, 7) is 8.90. The molecule has 2 nitrogen and oxygen atoms in total. The maximum Gasteiger partial charge on any atom is 0.0529 e. The SMILES string of the molecule is CCCCCCCOCC(C)(C)CN. The Balaban J connectivity index is 3.13. The first-order valence-electron chi connectivity index (χ1n) is 5.90. The van der Waals surface area contributed by atoms with Crippen LogP contribution >= 0.6 is 0 Å². The lowest BCUT2D eigenvalue weighted by Crippen LogP contribution is -2.29. The van der Waals surface area contributed by atoms with E-state index in [0.29, 0.717) is 6.54 Å². The highest BCUT2D eigenvalue weighted by Gasteiger charge is 2.14. The molecule has 0 saturated heterocycles. The number of hydrogen-bond acceptors (Lipinski definition) is 2. The molecule has 2 heteroatoms. The van der Waals surface area contributed by atoms with Gasteiger partial charge < -0.3 is 10.5 Å². The molecule has 0 spiro atoms. The van der Waals surface area contributed by atoms with Gasteiger partial charge in [0.05, 0.1) is 6.61 Å². The van der Waals surface area contributed by atoms with Crippen LogP contribution in [-0.2, 0) is 4.74 Å². The van der Waals surface area contributed by atoms with Crippen LogP contribution < -0.4 is 5.73 Å². The van der Waals surface area contributed by atoms with Gasteiger partial charge in [-0.25, -0.2) is 0 Å². The first kappa shape index (κ1) is 13.9. The molecule has 2 N–H and O–H groups in total. The van der Waals surface area contributed by atoms with E-state index in [-0.39, 0.29) is 5.41 Å². The quantitative estimate of drug-likeness (QED) is 0.582. The van der Waals surface area contributed by atoms with Crippen molar-refractivity contribution in [3.63, 3.8) is 0 Å². The molecule has 0 aliphatic rings.